The molecule has 8 heteroatoms. The molecule has 0 aliphatic rings. The first-order valence-electron chi connectivity index (χ1n) is 7.93. The van der Waals surface area contributed by atoms with Crippen molar-refractivity contribution >= 4 is 29.1 Å². The third-order valence-corrected chi connectivity index (χ3v) is 3.63. The summed E-state index contributed by atoms with van der Waals surface area (Å²) in [6.07, 6.45) is -3.08. The Bertz CT molecular complexity index is 742. The van der Waals surface area contributed by atoms with Crippen LogP contribution >= 0.6 is 12.2 Å². The number of anilines is 1. The zero-order valence-corrected chi connectivity index (χ0v) is 14.8. The van der Waals surface area contributed by atoms with Gasteiger partial charge < -0.3 is 31.3 Å². The van der Waals surface area contributed by atoms with E-state index in [-0.39, 0.29) is 18.3 Å². The number of nitrogens with two attached hydrogens (primary N) is 1. The molecule has 0 fully saturated rings. The molecule has 0 aliphatic heterocycles. The third-order valence-electron chi connectivity index (χ3n) is 3.53. The number of rotatable bonds is 7. The smallest absolute Gasteiger partial charge is 0.407 e. The summed E-state index contributed by atoms with van der Waals surface area (Å²) in [5.41, 5.74) is 7.31. The Morgan fingerprint density at radius 3 is 2.58 bits per heavy atom. The van der Waals surface area contributed by atoms with Crippen LogP contribution in [0.4, 0.5) is 10.5 Å². The Hall–Kier alpha value is -2.68. The number of amides is 1. The molecule has 2 aromatic rings. The van der Waals surface area contributed by atoms with E-state index in [4.69, 9.17) is 22.7 Å². The van der Waals surface area contributed by atoms with E-state index in [2.05, 4.69) is 10.6 Å². The minimum absolute atomic E-state index is 0.0972. The van der Waals surface area contributed by atoms with E-state index in [0.29, 0.717) is 11.3 Å². The fraction of sp³-hybridized carbons (Fsp3) is 0.222. The molecule has 0 saturated carbocycles. The Labute approximate surface area is 156 Å². The Morgan fingerprint density at radius 1 is 1.15 bits per heavy atom. The molecule has 0 heterocycles. The molecule has 2 aromatic carbocycles. The van der Waals surface area contributed by atoms with Crippen LogP contribution in [-0.2, 0) is 11.3 Å². The summed E-state index contributed by atoms with van der Waals surface area (Å²) in [6, 6.07) is 15.9. The topological polar surface area (TPSA) is 117 Å². The van der Waals surface area contributed by atoms with Crippen molar-refractivity contribution in [3.63, 3.8) is 0 Å². The number of hydrogen-bond donors (Lipinski definition) is 5. The normalized spacial score (nSPS) is 12.7. The summed E-state index contributed by atoms with van der Waals surface area (Å²) in [6.45, 7) is -0.0419. The number of aliphatic hydroxyl groups is 2. The van der Waals surface area contributed by atoms with Gasteiger partial charge in [-0.25, -0.2) is 4.79 Å². The fourth-order valence-corrected chi connectivity index (χ4v) is 2.36. The van der Waals surface area contributed by atoms with Crippen LogP contribution in [0.5, 0.6) is 0 Å². The Balaban J connectivity index is 1.82. The standard InChI is InChI=1S/C18H21N3O4S/c19-17(26)21-14-8-4-7-13(9-14)16(23)15(22)10-20-18(24)25-11-12-5-2-1-3-6-12/h1-9,15-16,22-23H,10-11H2,(H,20,24)(H3,19,21,26). The van der Waals surface area contributed by atoms with Crippen LogP contribution in [-0.4, -0.2) is 34.1 Å². The lowest BCUT2D eigenvalue weighted by Gasteiger charge is -2.19. The molecule has 0 bridgehead atoms. The van der Waals surface area contributed by atoms with Gasteiger partial charge in [-0.05, 0) is 35.5 Å². The summed E-state index contributed by atoms with van der Waals surface area (Å²) in [5.74, 6) is 0. The van der Waals surface area contributed by atoms with Crippen molar-refractivity contribution in [2.75, 3.05) is 11.9 Å². The number of hydrogen-bond acceptors (Lipinski definition) is 5. The minimum Gasteiger partial charge on any atom is -0.445 e. The molecule has 26 heavy (non-hydrogen) atoms. The van der Waals surface area contributed by atoms with Crippen LogP contribution in [0.1, 0.15) is 17.2 Å². The van der Waals surface area contributed by atoms with Gasteiger partial charge in [0.2, 0.25) is 0 Å². The van der Waals surface area contributed by atoms with Gasteiger partial charge in [0.1, 0.15) is 18.8 Å². The molecule has 0 aromatic heterocycles. The highest BCUT2D eigenvalue weighted by Crippen LogP contribution is 2.20. The number of thiocarbonyl (C=S) groups is 1. The molecule has 2 unspecified atom stereocenters. The summed E-state index contributed by atoms with van der Waals surface area (Å²) in [5, 5.41) is 25.6. The highest BCUT2D eigenvalue weighted by atomic mass is 32.1. The number of alkyl carbamates (subject to hydrolysis) is 1. The first-order chi connectivity index (χ1) is 12.5. The molecule has 0 aliphatic carbocycles. The Kier molecular flexibility index (Phi) is 7.34. The summed E-state index contributed by atoms with van der Waals surface area (Å²) in [7, 11) is 0. The van der Waals surface area contributed by atoms with Crippen LogP contribution < -0.4 is 16.4 Å². The van der Waals surface area contributed by atoms with Crippen molar-refractivity contribution in [1.29, 1.82) is 0 Å². The number of carbonyl (C=O) groups excluding carboxylic acids is 1. The van der Waals surface area contributed by atoms with Crippen molar-refractivity contribution in [2.45, 2.75) is 18.8 Å². The third kappa shape index (κ3) is 6.32. The first-order valence-corrected chi connectivity index (χ1v) is 8.33. The highest BCUT2D eigenvalue weighted by Gasteiger charge is 2.19. The fourth-order valence-electron chi connectivity index (χ4n) is 2.24. The lowest BCUT2D eigenvalue weighted by molar-refractivity contribution is 0.0184. The van der Waals surface area contributed by atoms with Gasteiger partial charge in [-0.1, -0.05) is 42.5 Å². The van der Waals surface area contributed by atoms with E-state index >= 15 is 0 Å². The Morgan fingerprint density at radius 2 is 1.88 bits per heavy atom. The van der Waals surface area contributed by atoms with Gasteiger partial charge >= 0.3 is 6.09 Å². The summed E-state index contributed by atoms with van der Waals surface area (Å²) in [4.78, 5) is 11.7. The number of aliphatic hydroxyl groups excluding tert-OH is 2. The lowest BCUT2D eigenvalue weighted by atomic mass is 10.0. The van der Waals surface area contributed by atoms with Gasteiger partial charge in [0.05, 0.1) is 0 Å². The van der Waals surface area contributed by atoms with Gasteiger partial charge in [0.25, 0.3) is 0 Å². The second kappa shape index (κ2) is 9.71. The molecule has 2 atom stereocenters. The van der Waals surface area contributed by atoms with Gasteiger partial charge in [0.15, 0.2) is 5.11 Å². The average molecular weight is 375 g/mol. The van der Waals surface area contributed by atoms with Crippen molar-refractivity contribution in [3.8, 4) is 0 Å². The van der Waals surface area contributed by atoms with E-state index in [9.17, 15) is 15.0 Å². The lowest BCUT2D eigenvalue weighted by Crippen LogP contribution is -2.35. The second-order valence-electron chi connectivity index (χ2n) is 5.57. The van der Waals surface area contributed by atoms with Crippen molar-refractivity contribution < 1.29 is 19.7 Å². The van der Waals surface area contributed by atoms with E-state index in [1.165, 1.54) is 0 Å². The van der Waals surface area contributed by atoms with Crippen molar-refractivity contribution in [2.24, 2.45) is 5.73 Å². The van der Waals surface area contributed by atoms with E-state index in [1.54, 1.807) is 24.3 Å². The molecular weight excluding hydrogens is 354 g/mol. The molecule has 138 valence electrons. The van der Waals surface area contributed by atoms with E-state index < -0.39 is 18.3 Å². The van der Waals surface area contributed by atoms with Crippen LogP contribution in [0, 0.1) is 0 Å². The zero-order valence-electron chi connectivity index (χ0n) is 14.0. The van der Waals surface area contributed by atoms with Crippen molar-refractivity contribution in [3.05, 3.63) is 65.7 Å². The van der Waals surface area contributed by atoms with E-state index in [0.717, 1.165) is 5.56 Å². The van der Waals surface area contributed by atoms with Gasteiger partial charge in [-0.3, -0.25) is 0 Å². The van der Waals surface area contributed by atoms with Crippen LogP contribution in [0.25, 0.3) is 0 Å². The number of benzene rings is 2. The number of carbonyl (C=O) groups is 1. The number of ether oxygens (including phenoxy) is 1. The zero-order chi connectivity index (χ0) is 18.9. The predicted octanol–water partition coefficient (Wildman–Crippen LogP) is 1.66. The molecule has 0 spiro atoms. The summed E-state index contributed by atoms with van der Waals surface area (Å²) >= 11 is 4.76. The molecule has 0 radical (unpaired) electrons. The van der Waals surface area contributed by atoms with Gasteiger partial charge in [-0.15, -0.1) is 0 Å². The predicted molar refractivity (Wildman–Crippen MR) is 102 cm³/mol. The largest absolute Gasteiger partial charge is 0.445 e. The van der Waals surface area contributed by atoms with Gasteiger partial charge in [-0.2, -0.15) is 0 Å². The molecule has 6 N–H and O–H groups in total. The molecule has 2 rings (SSSR count). The quantitative estimate of drug-likeness (QED) is 0.467. The monoisotopic (exact) mass is 375 g/mol. The highest BCUT2D eigenvalue weighted by molar-refractivity contribution is 7.80. The maximum atomic E-state index is 11.7. The van der Waals surface area contributed by atoms with Crippen molar-refractivity contribution in [1.82, 2.24) is 5.32 Å². The van der Waals surface area contributed by atoms with Gasteiger partial charge in [0, 0.05) is 12.2 Å². The maximum absolute atomic E-state index is 11.7. The number of nitrogens with one attached hydrogen (secondary N) is 2. The second-order valence-corrected chi connectivity index (χ2v) is 6.01. The van der Waals surface area contributed by atoms with Crippen LogP contribution in [0.3, 0.4) is 0 Å². The van der Waals surface area contributed by atoms with Crippen LogP contribution in [0.15, 0.2) is 54.6 Å². The van der Waals surface area contributed by atoms with Crippen LogP contribution in [0.2, 0.25) is 0 Å². The minimum atomic E-state index is -1.21. The molecular formula is C18H21N3O4S. The maximum Gasteiger partial charge on any atom is 0.407 e. The molecule has 7 nitrogen and oxygen atoms in total. The average Bonchev–Trinajstić information content (AvgIpc) is 2.64. The first kappa shape index (κ1) is 19.6. The molecule has 1 amide bonds. The SMILES string of the molecule is NC(=S)Nc1cccc(C(O)C(O)CNC(=O)OCc2ccccc2)c1. The van der Waals surface area contributed by atoms with E-state index in [1.807, 2.05) is 30.3 Å². The summed E-state index contributed by atoms with van der Waals surface area (Å²) < 4.78 is 5.05. The molecule has 0 saturated heterocycles.